The van der Waals surface area contributed by atoms with Crippen LogP contribution in [0.25, 0.3) is 11.4 Å². The number of hydrogen-bond acceptors (Lipinski definition) is 6. The summed E-state index contributed by atoms with van der Waals surface area (Å²) >= 11 is 0. The Hall–Kier alpha value is -1.99. The van der Waals surface area contributed by atoms with Crippen molar-refractivity contribution in [1.82, 2.24) is 15.5 Å². The minimum Gasteiger partial charge on any atom is -0.496 e. The van der Waals surface area contributed by atoms with Crippen LogP contribution in [-0.2, 0) is 4.74 Å². The van der Waals surface area contributed by atoms with Crippen LogP contribution in [0.5, 0.6) is 5.75 Å². The quantitative estimate of drug-likeness (QED) is 0.919. The maximum Gasteiger partial charge on any atom is 0.246 e. The Morgan fingerprint density at radius 1 is 1.45 bits per heavy atom. The molecule has 20 heavy (non-hydrogen) atoms. The monoisotopic (exact) mass is 279 g/mol. The van der Waals surface area contributed by atoms with Crippen LogP contribution >= 0.6 is 0 Å². The van der Waals surface area contributed by atoms with Gasteiger partial charge in [0.15, 0.2) is 0 Å². The number of nitrogens with zero attached hydrogens (tertiary/aromatic N) is 2. The molecule has 1 fully saturated rings. The summed E-state index contributed by atoms with van der Waals surface area (Å²) in [7, 11) is 1.51. The Bertz CT molecular complexity index is 596. The highest BCUT2D eigenvalue weighted by Gasteiger charge is 2.23. The van der Waals surface area contributed by atoms with Crippen molar-refractivity contribution < 1.29 is 18.4 Å². The van der Waals surface area contributed by atoms with Gasteiger partial charge < -0.3 is 19.3 Å². The molecule has 0 saturated carbocycles. The molecule has 0 spiro atoms. The first-order valence-electron chi connectivity index (χ1n) is 6.26. The Morgan fingerprint density at radius 3 is 3.10 bits per heavy atom. The van der Waals surface area contributed by atoms with Gasteiger partial charge in [-0.05, 0) is 18.2 Å². The number of benzene rings is 1. The third-order valence-electron chi connectivity index (χ3n) is 3.06. The Labute approximate surface area is 114 Å². The SMILES string of the molecule is COc1ccc(F)cc1-c1noc(C2COCCN2)n1. The molecule has 1 aliphatic heterocycles. The summed E-state index contributed by atoms with van der Waals surface area (Å²) in [6.45, 7) is 1.86. The predicted molar refractivity (Wildman–Crippen MR) is 67.8 cm³/mol. The van der Waals surface area contributed by atoms with Crippen LogP contribution in [0.3, 0.4) is 0 Å². The molecule has 0 bridgehead atoms. The number of ether oxygens (including phenoxy) is 2. The van der Waals surface area contributed by atoms with Gasteiger partial charge in [-0.25, -0.2) is 4.39 Å². The van der Waals surface area contributed by atoms with Crippen molar-refractivity contribution in [2.45, 2.75) is 6.04 Å². The van der Waals surface area contributed by atoms with Gasteiger partial charge in [-0.3, -0.25) is 0 Å². The highest BCUT2D eigenvalue weighted by molar-refractivity contribution is 5.63. The average molecular weight is 279 g/mol. The molecule has 6 nitrogen and oxygen atoms in total. The molecule has 1 atom stereocenters. The molecule has 0 radical (unpaired) electrons. The average Bonchev–Trinajstić information content (AvgIpc) is 2.98. The first-order chi connectivity index (χ1) is 9.78. The van der Waals surface area contributed by atoms with E-state index in [2.05, 4.69) is 15.5 Å². The molecule has 2 heterocycles. The van der Waals surface area contributed by atoms with Crippen molar-refractivity contribution >= 4 is 0 Å². The van der Waals surface area contributed by atoms with E-state index in [4.69, 9.17) is 14.0 Å². The molecule has 1 aliphatic rings. The van der Waals surface area contributed by atoms with Crippen LogP contribution in [0.15, 0.2) is 22.7 Å². The van der Waals surface area contributed by atoms with E-state index in [9.17, 15) is 4.39 Å². The summed E-state index contributed by atoms with van der Waals surface area (Å²) in [5.74, 6) is 0.826. The number of hydrogen-bond donors (Lipinski definition) is 1. The fourth-order valence-electron chi connectivity index (χ4n) is 2.07. The van der Waals surface area contributed by atoms with Gasteiger partial charge in [0.25, 0.3) is 0 Å². The molecule has 1 unspecified atom stereocenters. The van der Waals surface area contributed by atoms with E-state index >= 15 is 0 Å². The lowest BCUT2D eigenvalue weighted by Gasteiger charge is -2.20. The highest BCUT2D eigenvalue weighted by atomic mass is 19.1. The zero-order chi connectivity index (χ0) is 13.9. The standard InChI is InChI=1S/C13H14FN3O3/c1-18-11-3-2-8(14)6-9(11)12-16-13(20-17-12)10-7-19-5-4-15-10/h2-3,6,10,15H,4-5,7H2,1H3. The minimum absolute atomic E-state index is 0.135. The van der Waals surface area contributed by atoms with Crippen LogP contribution < -0.4 is 10.1 Å². The van der Waals surface area contributed by atoms with Crippen molar-refractivity contribution in [3.63, 3.8) is 0 Å². The van der Waals surface area contributed by atoms with Crippen molar-refractivity contribution in [1.29, 1.82) is 0 Å². The number of nitrogens with one attached hydrogen (secondary N) is 1. The van der Waals surface area contributed by atoms with Gasteiger partial charge in [-0.15, -0.1) is 0 Å². The number of morpholine rings is 1. The molecule has 7 heteroatoms. The zero-order valence-corrected chi connectivity index (χ0v) is 10.9. The Morgan fingerprint density at radius 2 is 2.35 bits per heavy atom. The van der Waals surface area contributed by atoms with Gasteiger partial charge in [-0.1, -0.05) is 5.16 Å². The minimum atomic E-state index is -0.383. The van der Waals surface area contributed by atoms with Crippen molar-refractivity contribution in [2.24, 2.45) is 0 Å². The molecule has 1 aromatic carbocycles. The van der Waals surface area contributed by atoms with Crippen LogP contribution in [0.2, 0.25) is 0 Å². The molecule has 3 rings (SSSR count). The van der Waals surface area contributed by atoms with E-state index < -0.39 is 0 Å². The summed E-state index contributed by atoms with van der Waals surface area (Å²) in [5, 5.41) is 7.10. The maximum atomic E-state index is 13.4. The van der Waals surface area contributed by atoms with E-state index in [1.165, 1.54) is 25.3 Å². The van der Waals surface area contributed by atoms with Crippen LogP contribution in [0, 0.1) is 5.82 Å². The van der Waals surface area contributed by atoms with E-state index in [0.29, 0.717) is 36.2 Å². The van der Waals surface area contributed by atoms with Gasteiger partial charge in [0.05, 0.1) is 25.9 Å². The first kappa shape index (κ1) is 13.0. The normalized spacial score (nSPS) is 19.0. The molecule has 0 amide bonds. The lowest BCUT2D eigenvalue weighted by Crippen LogP contribution is -2.34. The zero-order valence-electron chi connectivity index (χ0n) is 10.9. The van der Waals surface area contributed by atoms with Crippen LogP contribution in [0.4, 0.5) is 4.39 Å². The third-order valence-corrected chi connectivity index (χ3v) is 3.06. The van der Waals surface area contributed by atoms with Crippen molar-refractivity contribution in [3.05, 3.63) is 29.9 Å². The van der Waals surface area contributed by atoms with Crippen molar-refractivity contribution in [3.8, 4) is 17.1 Å². The molecule has 1 saturated heterocycles. The Balaban J connectivity index is 1.91. The molecule has 0 aliphatic carbocycles. The number of methoxy groups -OCH3 is 1. The topological polar surface area (TPSA) is 69.4 Å². The second-order valence-electron chi connectivity index (χ2n) is 4.38. The van der Waals surface area contributed by atoms with Gasteiger partial charge in [0.2, 0.25) is 11.7 Å². The summed E-state index contributed by atoms with van der Waals surface area (Å²) in [5.41, 5.74) is 0.458. The molecular weight excluding hydrogens is 265 g/mol. The van der Waals surface area contributed by atoms with Crippen LogP contribution in [-0.4, -0.2) is 37.0 Å². The second-order valence-corrected chi connectivity index (χ2v) is 4.38. The summed E-state index contributed by atoms with van der Waals surface area (Å²) in [6.07, 6.45) is 0. The summed E-state index contributed by atoms with van der Waals surface area (Å²) < 4.78 is 29.1. The fourth-order valence-corrected chi connectivity index (χ4v) is 2.07. The van der Waals surface area contributed by atoms with Gasteiger partial charge in [0, 0.05) is 6.54 Å². The second kappa shape index (κ2) is 5.56. The van der Waals surface area contributed by atoms with Gasteiger partial charge in [0.1, 0.15) is 17.6 Å². The third kappa shape index (κ3) is 2.50. The molecule has 1 N–H and O–H groups in total. The van der Waals surface area contributed by atoms with E-state index in [-0.39, 0.29) is 11.9 Å². The van der Waals surface area contributed by atoms with Gasteiger partial charge in [-0.2, -0.15) is 4.98 Å². The number of aromatic nitrogens is 2. The lowest BCUT2D eigenvalue weighted by molar-refractivity contribution is 0.0659. The molecule has 106 valence electrons. The first-order valence-corrected chi connectivity index (χ1v) is 6.26. The smallest absolute Gasteiger partial charge is 0.246 e. The highest BCUT2D eigenvalue weighted by Crippen LogP contribution is 2.29. The molecular formula is C13H14FN3O3. The summed E-state index contributed by atoms with van der Waals surface area (Å²) in [6, 6.07) is 4.03. The molecule has 2 aromatic rings. The largest absolute Gasteiger partial charge is 0.496 e. The van der Waals surface area contributed by atoms with E-state index in [1.807, 2.05) is 0 Å². The van der Waals surface area contributed by atoms with Crippen molar-refractivity contribution in [2.75, 3.05) is 26.9 Å². The number of halogens is 1. The van der Waals surface area contributed by atoms with Gasteiger partial charge >= 0.3 is 0 Å². The van der Waals surface area contributed by atoms with Crippen LogP contribution in [0.1, 0.15) is 11.9 Å². The number of rotatable bonds is 3. The predicted octanol–water partition coefficient (Wildman–Crippen LogP) is 1.55. The maximum absolute atomic E-state index is 13.4. The fraction of sp³-hybridized carbons (Fsp3) is 0.385. The Kier molecular flexibility index (Phi) is 3.62. The lowest BCUT2D eigenvalue weighted by atomic mass is 10.2. The van der Waals surface area contributed by atoms with E-state index in [0.717, 1.165) is 6.54 Å². The van der Waals surface area contributed by atoms with E-state index in [1.54, 1.807) is 0 Å². The molecule has 1 aromatic heterocycles. The summed E-state index contributed by atoms with van der Waals surface area (Å²) in [4.78, 5) is 4.29.